The van der Waals surface area contributed by atoms with Gasteiger partial charge in [-0.3, -0.25) is 9.59 Å². The van der Waals surface area contributed by atoms with Crippen molar-refractivity contribution in [2.75, 3.05) is 10.6 Å². The van der Waals surface area contributed by atoms with Crippen molar-refractivity contribution in [3.63, 3.8) is 0 Å². The summed E-state index contributed by atoms with van der Waals surface area (Å²) in [6.45, 7) is 3.43. The molecule has 3 aromatic rings. The number of phenols is 1. The highest BCUT2D eigenvalue weighted by atomic mass is 35.5. The Labute approximate surface area is 197 Å². The van der Waals surface area contributed by atoms with E-state index in [1.54, 1.807) is 49.4 Å². The van der Waals surface area contributed by atoms with Crippen molar-refractivity contribution in [2.24, 2.45) is 0 Å². The molecule has 0 bridgehead atoms. The summed E-state index contributed by atoms with van der Waals surface area (Å²) < 4.78 is 26.0. The van der Waals surface area contributed by atoms with Crippen LogP contribution in [0.3, 0.4) is 0 Å². The molecule has 1 unspecified atom stereocenters. The molecule has 0 saturated carbocycles. The SMILES string of the molecule is CCC(C(=O)Nc1cc(O)c(NC(=O)c2ccccc2)cc1Cl)S(=O)(=O)c1ccc(C)cc1. The molecule has 2 amide bonds. The molecule has 0 aromatic heterocycles. The Bertz CT molecular complexity index is 1280. The van der Waals surface area contributed by atoms with Gasteiger partial charge in [0.15, 0.2) is 9.84 Å². The number of aromatic hydroxyl groups is 1. The van der Waals surface area contributed by atoms with Crippen molar-refractivity contribution in [1.29, 1.82) is 0 Å². The Morgan fingerprint density at radius 2 is 1.61 bits per heavy atom. The Kier molecular flexibility index (Phi) is 7.40. The number of hydrogen-bond donors (Lipinski definition) is 3. The first-order valence-corrected chi connectivity index (χ1v) is 12.1. The van der Waals surface area contributed by atoms with Gasteiger partial charge in [-0.25, -0.2) is 8.42 Å². The van der Waals surface area contributed by atoms with Crippen LogP contribution in [0.2, 0.25) is 5.02 Å². The molecule has 0 aliphatic rings. The predicted octanol–water partition coefficient (Wildman–Crippen LogP) is 4.80. The fourth-order valence-electron chi connectivity index (χ4n) is 3.19. The molecule has 0 fully saturated rings. The van der Waals surface area contributed by atoms with Crippen LogP contribution in [0.4, 0.5) is 11.4 Å². The van der Waals surface area contributed by atoms with E-state index in [0.29, 0.717) is 5.56 Å². The quantitative estimate of drug-likeness (QED) is 0.415. The van der Waals surface area contributed by atoms with E-state index in [4.69, 9.17) is 11.6 Å². The molecule has 0 radical (unpaired) electrons. The average molecular weight is 487 g/mol. The molecule has 7 nitrogen and oxygen atoms in total. The lowest BCUT2D eigenvalue weighted by Gasteiger charge is -2.17. The second kappa shape index (κ2) is 10.1. The number of hydrogen-bond acceptors (Lipinski definition) is 5. The van der Waals surface area contributed by atoms with E-state index < -0.39 is 26.9 Å². The average Bonchev–Trinajstić information content (AvgIpc) is 2.78. The molecule has 3 N–H and O–H groups in total. The van der Waals surface area contributed by atoms with E-state index in [2.05, 4.69) is 10.6 Å². The molecule has 33 heavy (non-hydrogen) atoms. The minimum Gasteiger partial charge on any atom is -0.506 e. The van der Waals surface area contributed by atoms with Crippen LogP contribution in [-0.4, -0.2) is 30.6 Å². The second-order valence-electron chi connectivity index (χ2n) is 7.41. The zero-order chi connectivity index (χ0) is 24.2. The molecule has 0 aliphatic heterocycles. The van der Waals surface area contributed by atoms with Gasteiger partial charge in [0.2, 0.25) is 5.91 Å². The largest absolute Gasteiger partial charge is 0.506 e. The second-order valence-corrected chi connectivity index (χ2v) is 9.95. The molecule has 0 spiro atoms. The Balaban J connectivity index is 1.80. The Morgan fingerprint density at radius 3 is 2.21 bits per heavy atom. The van der Waals surface area contributed by atoms with Crippen LogP contribution in [0.15, 0.2) is 71.6 Å². The van der Waals surface area contributed by atoms with E-state index in [0.717, 1.165) is 11.6 Å². The van der Waals surface area contributed by atoms with Crippen molar-refractivity contribution in [1.82, 2.24) is 0 Å². The molecule has 0 saturated heterocycles. The highest BCUT2D eigenvalue weighted by Gasteiger charge is 2.33. The summed E-state index contributed by atoms with van der Waals surface area (Å²) in [6.07, 6.45) is 0.0386. The van der Waals surface area contributed by atoms with Gasteiger partial charge >= 0.3 is 0 Å². The summed E-state index contributed by atoms with van der Waals surface area (Å²) in [7, 11) is -3.94. The molecule has 9 heteroatoms. The standard InChI is InChI=1S/C24H23ClN2O5S/c1-3-22(33(31,32)17-11-9-15(2)10-12-17)24(30)26-19-14-21(28)20(13-18(19)25)27-23(29)16-7-5-4-6-8-16/h4-14,22,28H,3H2,1-2H3,(H,26,30)(H,27,29). The fraction of sp³-hybridized carbons (Fsp3) is 0.167. The summed E-state index contributed by atoms with van der Waals surface area (Å²) in [5.74, 6) is -1.57. The summed E-state index contributed by atoms with van der Waals surface area (Å²) in [4.78, 5) is 25.2. The van der Waals surface area contributed by atoms with Crippen molar-refractivity contribution < 1.29 is 23.1 Å². The van der Waals surface area contributed by atoms with Gasteiger partial charge in [-0.2, -0.15) is 0 Å². The monoisotopic (exact) mass is 486 g/mol. The van der Waals surface area contributed by atoms with Crippen LogP contribution in [0, 0.1) is 6.92 Å². The van der Waals surface area contributed by atoms with E-state index >= 15 is 0 Å². The highest BCUT2D eigenvalue weighted by Crippen LogP contribution is 2.34. The number of phenolic OH excluding ortho intramolecular Hbond substituents is 1. The zero-order valence-electron chi connectivity index (χ0n) is 18.0. The number of halogens is 1. The van der Waals surface area contributed by atoms with Gasteiger partial charge in [0, 0.05) is 11.6 Å². The molecular formula is C24H23ClN2O5S. The number of rotatable bonds is 7. The van der Waals surface area contributed by atoms with Crippen LogP contribution in [0.25, 0.3) is 0 Å². The van der Waals surface area contributed by atoms with Crippen LogP contribution in [0.1, 0.15) is 29.3 Å². The lowest BCUT2D eigenvalue weighted by Crippen LogP contribution is -2.34. The number of carbonyl (C=O) groups excluding carboxylic acids is 2. The maximum absolute atomic E-state index is 13.0. The lowest BCUT2D eigenvalue weighted by atomic mass is 10.2. The third kappa shape index (κ3) is 5.53. The van der Waals surface area contributed by atoms with Crippen molar-refractivity contribution in [3.05, 3.63) is 82.9 Å². The summed E-state index contributed by atoms with van der Waals surface area (Å²) >= 11 is 6.24. The van der Waals surface area contributed by atoms with Crippen LogP contribution < -0.4 is 10.6 Å². The minimum atomic E-state index is -3.94. The number of anilines is 2. The molecule has 1 atom stereocenters. The third-order valence-corrected chi connectivity index (χ3v) is 7.55. The fourth-order valence-corrected chi connectivity index (χ4v) is 5.03. The number of sulfone groups is 1. The normalized spacial score (nSPS) is 12.1. The zero-order valence-corrected chi connectivity index (χ0v) is 19.6. The number of amides is 2. The molecule has 0 heterocycles. The van der Waals surface area contributed by atoms with E-state index in [1.807, 2.05) is 6.92 Å². The molecule has 172 valence electrons. The molecule has 3 aromatic carbocycles. The molecular weight excluding hydrogens is 464 g/mol. The van der Waals surface area contributed by atoms with Gasteiger partial charge in [-0.05, 0) is 43.7 Å². The highest BCUT2D eigenvalue weighted by molar-refractivity contribution is 7.92. The first kappa shape index (κ1) is 24.3. The van der Waals surface area contributed by atoms with Gasteiger partial charge < -0.3 is 15.7 Å². The summed E-state index contributed by atoms with van der Waals surface area (Å²) in [5, 5.41) is 14.0. The smallest absolute Gasteiger partial charge is 0.255 e. The van der Waals surface area contributed by atoms with E-state index in [1.165, 1.54) is 18.2 Å². The van der Waals surface area contributed by atoms with Crippen LogP contribution >= 0.6 is 11.6 Å². The van der Waals surface area contributed by atoms with Gasteiger partial charge in [0.1, 0.15) is 11.0 Å². The van der Waals surface area contributed by atoms with Crippen LogP contribution in [-0.2, 0) is 14.6 Å². The predicted molar refractivity (Wildman–Crippen MR) is 129 cm³/mol. The van der Waals surface area contributed by atoms with Crippen molar-refractivity contribution in [2.45, 2.75) is 30.4 Å². The lowest BCUT2D eigenvalue weighted by molar-refractivity contribution is -0.115. The minimum absolute atomic E-state index is 0.0205. The third-order valence-electron chi connectivity index (χ3n) is 5.01. The maximum atomic E-state index is 13.0. The van der Waals surface area contributed by atoms with Crippen molar-refractivity contribution >= 4 is 44.6 Å². The summed E-state index contributed by atoms with van der Waals surface area (Å²) in [6, 6.07) is 17.1. The number of aryl methyl sites for hydroxylation is 1. The van der Waals surface area contributed by atoms with Crippen molar-refractivity contribution in [3.8, 4) is 5.75 Å². The van der Waals surface area contributed by atoms with Gasteiger partial charge in [-0.15, -0.1) is 0 Å². The molecule has 3 rings (SSSR count). The van der Waals surface area contributed by atoms with E-state index in [-0.39, 0.29) is 33.5 Å². The molecule has 0 aliphatic carbocycles. The van der Waals surface area contributed by atoms with Crippen LogP contribution in [0.5, 0.6) is 5.75 Å². The van der Waals surface area contributed by atoms with Gasteiger partial charge in [0.25, 0.3) is 5.91 Å². The topological polar surface area (TPSA) is 113 Å². The van der Waals surface area contributed by atoms with Gasteiger partial charge in [-0.1, -0.05) is 54.4 Å². The number of nitrogens with one attached hydrogen (secondary N) is 2. The van der Waals surface area contributed by atoms with Gasteiger partial charge in [0.05, 0.1) is 21.3 Å². The Hall–Kier alpha value is -3.36. The summed E-state index contributed by atoms with van der Waals surface area (Å²) in [5.41, 5.74) is 1.35. The first-order valence-electron chi connectivity index (χ1n) is 10.1. The maximum Gasteiger partial charge on any atom is 0.255 e. The first-order chi connectivity index (χ1) is 15.6. The van der Waals surface area contributed by atoms with E-state index in [9.17, 15) is 23.1 Å². The number of carbonyl (C=O) groups is 2. The Morgan fingerprint density at radius 1 is 0.970 bits per heavy atom. The number of benzene rings is 3.